The molecule has 0 saturated carbocycles. The Hall–Kier alpha value is -1.71. The zero-order chi connectivity index (χ0) is 15.9. The maximum atomic E-state index is 4.14. The lowest BCUT2D eigenvalue weighted by molar-refractivity contribution is 0.166. The zero-order valence-electron chi connectivity index (χ0n) is 14.1. The van der Waals surface area contributed by atoms with Gasteiger partial charge in [-0.25, -0.2) is 0 Å². The van der Waals surface area contributed by atoms with Crippen molar-refractivity contribution in [2.45, 2.75) is 38.9 Å². The Morgan fingerprint density at radius 1 is 1.04 bits per heavy atom. The van der Waals surface area contributed by atoms with Crippen LogP contribution in [-0.2, 0) is 13.1 Å². The summed E-state index contributed by atoms with van der Waals surface area (Å²) < 4.78 is 0. The molecule has 0 radical (unpaired) electrons. The molecule has 0 spiro atoms. The van der Waals surface area contributed by atoms with Crippen molar-refractivity contribution in [1.29, 1.82) is 0 Å². The van der Waals surface area contributed by atoms with Crippen molar-refractivity contribution in [3.63, 3.8) is 0 Å². The molecule has 3 rings (SSSR count). The van der Waals surface area contributed by atoms with Gasteiger partial charge in [0, 0.05) is 38.1 Å². The second-order valence-electron chi connectivity index (χ2n) is 6.44. The van der Waals surface area contributed by atoms with E-state index in [1.54, 1.807) is 0 Å². The summed E-state index contributed by atoms with van der Waals surface area (Å²) in [7, 11) is 0. The van der Waals surface area contributed by atoms with E-state index >= 15 is 0 Å². The summed E-state index contributed by atoms with van der Waals surface area (Å²) in [5.41, 5.74) is 2.74. The first-order chi connectivity index (χ1) is 11.3. The number of pyridine rings is 1. The Balaban J connectivity index is 1.70. The molecule has 2 aromatic rings. The summed E-state index contributed by atoms with van der Waals surface area (Å²) in [5.74, 6) is 0. The van der Waals surface area contributed by atoms with Crippen LogP contribution in [0.4, 0.5) is 0 Å². The Kier molecular flexibility index (Phi) is 5.78. The third-order valence-electron chi connectivity index (χ3n) is 4.78. The monoisotopic (exact) mass is 309 g/mol. The lowest BCUT2D eigenvalue weighted by Gasteiger charge is -2.30. The van der Waals surface area contributed by atoms with Crippen molar-refractivity contribution in [3.05, 3.63) is 66.0 Å². The fourth-order valence-corrected chi connectivity index (χ4v) is 3.59. The molecule has 1 aromatic heterocycles. The summed E-state index contributed by atoms with van der Waals surface area (Å²) in [5, 5.41) is 0. The average Bonchev–Trinajstić information content (AvgIpc) is 3.04. The topological polar surface area (TPSA) is 19.4 Å². The van der Waals surface area contributed by atoms with E-state index in [0.29, 0.717) is 6.04 Å². The molecular formula is C20H27N3. The van der Waals surface area contributed by atoms with Gasteiger partial charge in [0.2, 0.25) is 0 Å². The van der Waals surface area contributed by atoms with Crippen LogP contribution in [-0.4, -0.2) is 40.5 Å². The molecule has 1 aromatic carbocycles. The lowest BCUT2D eigenvalue weighted by atomic mass is 10.1. The number of hydrogen-bond donors (Lipinski definition) is 0. The number of hydrogen-bond acceptors (Lipinski definition) is 3. The van der Waals surface area contributed by atoms with E-state index in [1.807, 2.05) is 12.4 Å². The van der Waals surface area contributed by atoms with Crippen molar-refractivity contribution in [2.75, 3.05) is 19.6 Å². The largest absolute Gasteiger partial charge is 0.299 e. The number of likely N-dealkylation sites (tertiary alicyclic amines) is 1. The van der Waals surface area contributed by atoms with Crippen LogP contribution in [0.3, 0.4) is 0 Å². The Morgan fingerprint density at radius 2 is 1.74 bits per heavy atom. The predicted octanol–water partition coefficient (Wildman–Crippen LogP) is 3.57. The van der Waals surface area contributed by atoms with Crippen LogP contribution in [0.1, 0.15) is 30.9 Å². The number of benzene rings is 1. The van der Waals surface area contributed by atoms with Gasteiger partial charge in [0.25, 0.3) is 0 Å². The van der Waals surface area contributed by atoms with Gasteiger partial charge in [-0.1, -0.05) is 37.3 Å². The molecule has 3 heteroatoms. The molecule has 0 aliphatic carbocycles. The van der Waals surface area contributed by atoms with Crippen LogP contribution < -0.4 is 0 Å². The molecule has 0 amide bonds. The Labute approximate surface area is 140 Å². The van der Waals surface area contributed by atoms with E-state index in [4.69, 9.17) is 0 Å². The van der Waals surface area contributed by atoms with Gasteiger partial charge in [0.1, 0.15) is 0 Å². The van der Waals surface area contributed by atoms with Gasteiger partial charge in [-0.05, 0) is 49.2 Å². The molecule has 1 unspecified atom stereocenters. The molecule has 1 saturated heterocycles. The van der Waals surface area contributed by atoms with E-state index in [9.17, 15) is 0 Å². The number of rotatable bonds is 7. The summed E-state index contributed by atoms with van der Waals surface area (Å²) in [4.78, 5) is 9.35. The van der Waals surface area contributed by atoms with E-state index in [1.165, 1.54) is 37.1 Å². The van der Waals surface area contributed by atoms with Gasteiger partial charge in [0.15, 0.2) is 0 Å². The second-order valence-corrected chi connectivity index (χ2v) is 6.44. The van der Waals surface area contributed by atoms with Crippen molar-refractivity contribution in [1.82, 2.24) is 14.8 Å². The van der Waals surface area contributed by atoms with Crippen LogP contribution in [0.5, 0.6) is 0 Å². The fraction of sp³-hybridized carbons (Fsp3) is 0.450. The van der Waals surface area contributed by atoms with E-state index in [0.717, 1.165) is 19.6 Å². The summed E-state index contributed by atoms with van der Waals surface area (Å²) in [6, 6.07) is 15.8. The predicted molar refractivity (Wildman–Crippen MR) is 95.1 cm³/mol. The Bertz CT molecular complexity index is 528. The van der Waals surface area contributed by atoms with Crippen LogP contribution in [0.25, 0.3) is 0 Å². The van der Waals surface area contributed by atoms with E-state index in [-0.39, 0.29) is 0 Å². The van der Waals surface area contributed by atoms with Crippen molar-refractivity contribution >= 4 is 0 Å². The molecule has 1 aliphatic heterocycles. The SMILES string of the molecule is CCN1CCCC1CN(Cc1ccccc1)Cc1ccncc1. The van der Waals surface area contributed by atoms with Crippen molar-refractivity contribution in [3.8, 4) is 0 Å². The minimum Gasteiger partial charge on any atom is -0.299 e. The molecule has 122 valence electrons. The molecule has 3 nitrogen and oxygen atoms in total. The van der Waals surface area contributed by atoms with Gasteiger partial charge < -0.3 is 0 Å². The second kappa shape index (κ2) is 8.23. The van der Waals surface area contributed by atoms with Gasteiger partial charge in [-0.15, -0.1) is 0 Å². The minimum atomic E-state index is 0.700. The van der Waals surface area contributed by atoms with Gasteiger partial charge in [-0.2, -0.15) is 0 Å². The van der Waals surface area contributed by atoms with E-state index < -0.39 is 0 Å². The Morgan fingerprint density at radius 3 is 2.43 bits per heavy atom. The maximum absolute atomic E-state index is 4.14. The van der Waals surface area contributed by atoms with Crippen molar-refractivity contribution in [2.24, 2.45) is 0 Å². The third kappa shape index (κ3) is 4.63. The minimum absolute atomic E-state index is 0.700. The van der Waals surface area contributed by atoms with Gasteiger partial charge in [0.05, 0.1) is 0 Å². The molecule has 1 fully saturated rings. The first-order valence-electron chi connectivity index (χ1n) is 8.74. The standard InChI is InChI=1S/C20H27N3/c1-2-23-14-6-9-20(23)17-22(15-18-7-4-3-5-8-18)16-19-10-12-21-13-11-19/h3-5,7-8,10-13,20H,2,6,9,14-17H2,1H3. The van der Waals surface area contributed by atoms with Crippen LogP contribution in [0.15, 0.2) is 54.9 Å². The number of aromatic nitrogens is 1. The highest BCUT2D eigenvalue weighted by molar-refractivity contribution is 5.15. The summed E-state index contributed by atoms with van der Waals surface area (Å²) >= 11 is 0. The normalized spacial score (nSPS) is 18.6. The highest BCUT2D eigenvalue weighted by Crippen LogP contribution is 2.20. The zero-order valence-corrected chi connectivity index (χ0v) is 14.1. The quantitative estimate of drug-likeness (QED) is 0.779. The molecule has 1 aliphatic rings. The van der Waals surface area contributed by atoms with Crippen LogP contribution >= 0.6 is 0 Å². The highest BCUT2D eigenvalue weighted by atomic mass is 15.2. The first-order valence-corrected chi connectivity index (χ1v) is 8.74. The van der Waals surface area contributed by atoms with Gasteiger partial charge >= 0.3 is 0 Å². The molecule has 0 bridgehead atoms. The summed E-state index contributed by atoms with van der Waals surface area (Å²) in [6.07, 6.45) is 6.45. The fourth-order valence-electron chi connectivity index (χ4n) is 3.59. The number of nitrogens with zero attached hydrogens (tertiary/aromatic N) is 3. The lowest BCUT2D eigenvalue weighted by Crippen LogP contribution is -2.39. The third-order valence-corrected chi connectivity index (χ3v) is 4.78. The van der Waals surface area contributed by atoms with E-state index in [2.05, 4.69) is 64.2 Å². The molecule has 0 N–H and O–H groups in total. The average molecular weight is 309 g/mol. The maximum Gasteiger partial charge on any atom is 0.0271 e. The number of likely N-dealkylation sites (N-methyl/N-ethyl adjacent to an activating group) is 1. The van der Waals surface area contributed by atoms with Gasteiger partial charge in [-0.3, -0.25) is 14.8 Å². The smallest absolute Gasteiger partial charge is 0.0271 e. The molecule has 23 heavy (non-hydrogen) atoms. The van der Waals surface area contributed by atoms with Crippen LogP contribution in [0, 0.1) is 0 Å². The van der Waals surface area contributed by atoms with Crippen LogP contribution in [0.2, 0.25) is 0 Å². The first kappa shape index (κ1) is 16.2. The summed E-state index contributed by atoms with van der Waals surface area (Å²) in [6.45, 7) is 7.85. The molecule has 1 atom stereocenters. The van der Waals surface area contributed by atoms with Crippen molar-refractivity contribution < 1.29 is 0 Å². The molecular weight excluding hydrogens is 282 g/mol. The molecule has 2 heterocycles. The highest BCUT2D eigenvalue weighted by Gasteiger charge is 2.25.